The third kappa shape index (κ3) is 3.00. The number of hydrogen-bond donors (Lipinski definition) is 2. The molecule has 0 radical (unpaired) electrons. The number of nitrogens with zero attached hydrogens (tertiary/aromatic N) is 1. The molecule has 0 bridgehead atoms. The summed E-state index contributed by atoms with van der Waals surface area (Å²) in [4.78, 5) is 14.8. The van der Waals surface area contributed by atoms with Crippen molar-refractivity contribution in [3.8, 4) is 0 Å². The summed E-state index contributed by atoms with van der Waals surface area (Å²) in [6.07, 6.45) is 0.494. The number of hydrogen-bond acceptors (Lipinski definition) is 3. The van der Waals surface area contributed by atoms with Crippen LogP contribution in [-0.2, 0) is 11.2 Å². The molecular formula is C12H16N2OS. The van der Waals surface area contributed by atoms with Crippen molar-refractivity contribution in [3.63, 3.8) is 0 Å². The van der Waals surface area contributed by atoms with Gasteiger partial charge in [0, 0.05) is 31.1 Å². The van der Waals surface area contributed by atoms with Gasteiger partial charge in [-0.3, -0.25) is 4.79 Å². The van der Waals surface area contributed by atoms with E-state index in [1.54, 1.807) is 0 Å². The molecular weight excluding hydrogens is 220 g/mol. The molecule has 1 heterocycles. The van der Waals surface area contributed by atoms with E-state index in [9.17, 15) is 4.79 Å². The first kappa shape index (κ1) is 11.5. The lowest BCUT2D eigenvalue weighted by Crippen LogP contribution is -2.46. The lowest BCUT2D eigenvalue weighted by molar-refractivity contribution is -0.131. The summed E-state index contributed by atoms with van der Waals surface area (Å²) in [6, 6.07) is 7.76. The Morgan fingerprint density at radius 2 is 1.88 bits per heavy atom. The first-order valence-electron chi connectivity index (χ1n) is 5.52. The summed E-state index contributed by atoms with van der Waals surface area (Å²) < 4.78 is 0. The molecule has 1 aromatic carbocycles. The third-order valence-corrected chi connectivity index (χ3v) is 3.06. The van der Waals surface area contributed by atoms with Crippen molar-refractivity contribution < 1.29 is 4.79 Å². The van der Waals surface area contributed by atoms with Crippen LogP contribution in [0.3, 0.4) is 0 Å². The predicted molar refractivity (Wildman–Crippen MR) is 66.8 cm³/mol. The van der Waals surface area contributed by atoms with Gasteiger partial charge in [-0.05, 0) is 17.7 Å². The Bertz CT molecular complexity index is 358. The number of carbonyl (C=O) groups is 1. The average Bonchev–Trinajstić information content (AvgIpc) is 2.33. The van der Waals surface area contributed by atoms with Gasteiger partial charge in [0.2, 0.25) is 5.91 Å². The Hall–Kier alpha value is -1.00. The molecule has 0 saturated carbocycles. The van der Waals surface area contributed by atoms with E-state index in [1.807, 2.05) is 29.2 Å². The lowest BCUT2D eigenvalue weighted by atomic mass is 10.1. The Labute approximate surface area is 101 Å². The van der Waals surface area contributed by atoms with Gasteiger partial charge in [-0.2, -0.15) is 0 Å². The largest absolute Gasteiger partial charge is 0.340 e. The maximum absolute atomic E-state index is 11.9. The van der Waals surface area contributed by atoms with Crippen LogP contribution >= 0.6 is 12.6 Å². The molecule has 1 aliphatic rings. The Kier molecular flexibility index (Phi) is 3.85. The zero-order valence-electron chi connectivity index (χ0n) is 9.15. The summed E-state index contributed by atoms with van der Waals surface area (Å²) in [7, 11) is 0. The molecule has 86 valence electrons. The zero-order valence-corrected chi connectivity index (χ0v) is 10.0. The van der Waals surface area contributed by atoms with E-state index in [-0.39, 0.29) is 5.91 Å². The van der Waals surface area contributed by atoms with Crippen LogP contribution in [0.2, 0.25) is 0 Å². The van der Waals surface area contributed by atoms with Crippen LogP contribution in [0.15, 0.2) is 29.2 Å². The minimum atomic E-state index is 0.216. The van der Waals surface area contributed by atoms with Crippen molar-refractivity contribution in [2.45, 2.75) is 11.3 Å². The number of piperazine rings is 1. The van der Waals surface area contributed by atoms with E-state index < -0.39 is 0 Å². The Morgan fingerprint density at radius 3 is 2.50 bits per heavy atom. The number of thiol groups is 1. The van der Waals surface area contributed by atoms with Crippen molar-refractivity contribution >= 4 is 18.5 Å². The van der Waals surface area contributed by atoms with Crippen molar-refractivity contribution in [1.82, 2.24) is 10.2 Å². The van der Waals surface area contributed by atoms with Crippen LogP contribution in [0.1, 0.15) is 5.56 Å². The molecule has 1 amide bonds. The Balaban J connectivity index is 1.93. The topological polar surface area (TPSA) is 32.3 Å². The van der Waals surface area contributed by atoms with E-state index in [2.05, 4.69) is 17.9 Å². The van der Waals surface area contributed by atoms with E-state index in [0.29, 0.717) is 6.42 Å². The third-order valence-electron chi connectivity index (χ3n) is 2.76. The summed E-state index contributed by atoms with van der Waals surface area (Å²) in [5.41, 5.74) is 1.06. The van der Waals surface area contributed by atoms with Crippen LogP contribution in [0, 0.1) is 0 Å². The minimum Gasteiger partial charge on any atom is -0.340 e. The van der Waals surface area contributed by atoms with Crippen LogP contribution in [-0.4, -0.2) is 37.0 Å². The van der Waals surface area contributed by atoms with Crippen LogP contribution in [0.4, 0.5) is 0 Å². The first-order valence-corrected chi connectivity index (χ1v) is 5.97. The van der Waals surface area contributed by atoms with E-state index in [0.717, 1.165) is 36.6 Å². The molecule has 1 saturated heterocycles. The van der Waals surface area contributed by atoms with Gasteiger partial charge in [0.1, 0.15) is 0 Å². The van der Waals surface area contributed by atoms with E-state index in [4.69, 9.17) is 0 Å². The van der Waals surface area contributed by atoms with Crippen LogP contribution in [0.5, 0.6) is 0 Å². The second-order valence-electron chi connectivity index (χ2n) is 3.97. The lowest BCUT2D eigenvalue weighted by Gasteiger charge is -2.27. The highest BCUT2D eigenvalue weighted by molar-refractivity contribution is 7.80. The van der Waals surface area contributed by atoms with E-state index in [1.165, 1.54) is 0 Å². The van der Waals surface area contributed by atoms with Gasteiger partial charge in [0.05, 0.1) is 6.42 Å². The first-order chi connectivity index (χ1) is 7.75. The highest BCUT2D eigenvalue weighted by Crippen LogP contribution is 2.09. The van der Waals surface area contributed by atoms with Crippen LogP contribution < -0.4 is 5.32 Å². The molecule has 16 heavy (non-hydrogen) atoms. The predicted octanol–water partition coefficient (Wildman–Crippen LogP) is 0.950. The van der Waals surface area contributed by atoms with Crippen molar-refractivity contribution in [2.75, 3.05) is 26.2 Å². The average molecular weight is 236 g/mol. The van der Waals surface area contributed by atoms with Gasteiger partial charge in [-0.15, -0.1) is 12.6 Å². The molecule has 0 aliphatic carbocycles. The van der Waals surface area contributed by atoms with Gasteiger partial charge in [-0.1, -0.05) is 12.1 Å². The molecule has 1 N–H and O–H groups in total. The molecule has 1 fully saturated rings. The van der Waals surface area contributed by atoms with Gasteiger partial charge in [0.15, 0.2) is 0 Å². The SMILES string of the molecule is O=C(Cc1ccc(S)cc1)N1CCNCC1. The second-order valence-corrected chi connectivity index (χ2v) is 4.49. The van der Waals surface area contributed by atoms with Crippen molar-refractivity contribution in [3.05, 3.63) is 29.8 Å². The summed E-state index contributed by atoms with van der Waals surface area (Å²) in [6.45, 7) is 3.45. The summed E-state index contributed by atoms with van der Waals surface area (Å²) in [5.74, 6) is 0.216. The zero-order chi connectivity index (χ0) is 11.4. The molecule has 0 atom stereocenters. The maximum Gasteiger partial charge on any atom is 0.227 e. The fraction of sp³-hybridized carbons (Fsp3) is 0.417. The monoisotopic (exact) mass is 236 g/mol. The molecule has 3 nitrogen and oxygen atoms in total. The highest BCUT2D eigenvalue weighted by atomic mass is 32.1. The molecule has 0 aromatic heterocycles. The fourth-order valence-corrected chi connectivity index (χ4v) is 1.96. The van der Waals surface area contributed by atoms with Crippen molar-refractivity contribution in [2.24, 2.45) is 0 Å². The van der Waals surface area contributed by atoms with Gasteiger partial charge >= 0.3 is 0 Å². The summed E-state index contributed by atoms with van der Waals surface area (Å²) >= 11 is 4.22. The minimum absolute atomic E-state index is 0.216. The molecule has 1 aliphatic heterocycles. The Morgan fingerprint density at radius 1 is 1.25 bits per heavy atom. The quantitative estimate of drug-likeness (QED) is 0.749. The standard InChI is InChI=1S/C12H16N2OS/c15-12(14-7-5-13-6-8-14)9-10-1-3-11(16)4-2-10/h1-4,13,16H,5-9H2. The number of nitrogens with one attached hydrogen (secondary N) is 1. The normalized spacial score (nSPS) is 16.2. The maximum atomic E-state index is 11.9. The van der Waals surface area contributed by atoms with E-state index >= 15 is 0 Å². The number of benzene rings is 1. The molecule has 0 spiro atoms. The smallest absolute Gasteiger partial charge is 0.227 e. The highest BCUT2D eigenvalue weighted by Gasteiger charge is 2.15. The van der Waals surface area contributed by atoms with Crippen molar-refractivity contribution in [1.29, 1.82) is 0 Å². The molecule has 4 heteroatoms. The number of amides is 1. The van der Waals surface area contributed by atoms with Crippen LogP contribution in [0.25, 0.3) is 0 Å². The van der Waals surface area contributed by atoms with Gasteiger partial charge < -0.3 is 10.2 Å². The van der Waals surface area contributed by atoms with Gasteiger partial charge in [-0.25, -0.2) is 0 Å². The number of rotatable bonds is 2. The summed E-state index contributed by atoms with van der Waals surface area (Å²) in [5, 5.41) is 3.24. The molecule has 1 aromatic rings. The van der Waals surface area contributed by atoms with Gasteiger partial charge in [0.25, 0.3) is 0 Å². The molecule has 0 unspecified atom stereocenters. The fourth-order valence-electron chi connectivity index (χ4n) is 1.81. The molecule has 2 rings (SSSR count). The second kappa shape index (κ2) is 5.37. The number of carbonyl (C=O) groups excluding carboxylic acids is 1.